The highest BCUT2D eigenvalue weighted by Crippen LogP contribution is 2.30. The third-order valence-electron chi connectivity index (χ3n) is 3.59. The lowest BCUT2D eigenvalue weighted by Gasteiger charge is -2.29. The van der Waals surface area contributed by atoms with Gasteiger partial charge >= 0.3 is 18.1 Å². The lowest BCUT2D eigenvalue weighted by Crippen LogP contribution is -2.41. The van der Waals surface area contributed by atoms with E-state index in [2.05, 4.69) is 4.98 Å². The van der Waals surface area contributed by atoms with Gasteiger partial charge in [0, 0.05) is 26.1 Å². The largest absolute Gasteiger partial charge is 0.439 e. The number of cyclic esters (lactones) is 2. The maximum absolute atomic E-state index is 12.5. The molecule has 0 radical (unpaired) electrons. The summed E-state index contributed by atoms with van der Waals surface area (Å²) in [6, 6.07) is 8.08. The summed E-state index contributed by atoms with van der Waals surface area (Å²) in [4.78, 5) is 27.5. The van der Waals surface area contributed by atoms with Gasteiger partial charge in [-0.2, -0.15) is 13.2 Å². The molecule has 146 valence electrons. The van der Waals surface area contributed by atoms with Crippen molar-refractivity contribution in [2.24, 2.45) is 0 Å². The van der Waals surface area contributed by atoms with Crippen LogP contribution in [0.4, 0.5) is 13.2 Å². The second kappa shape index (κ2) is 6.99. The average molecular weight is 393 g/mol. The van der Waals surface area contributed by atoms with Crippen LogP contribution in [0.25, 0.3) is 6.08 Å². The van der Waals surface area contributed by atoms with Crippen molar-refractivity contribution < 1.29 is 37.0 Å². The Labute approximate surface area is 157 Å². The Morgan fingerprint density at radius 1 is 1.00 bits per heavy atom. The molecule has 1 fully saturated rings. The number of hydrogen-bond acceptors (Lipinski definition) is 6. The highest BCUT2D eigenvalue weighted by Gasteiger charge is 2.38. The average Bonchev–Trinajstić information content (AvgIpc) is 2.58. The molecular formula is C19H14F3NO5. The van der Waals surface area contributed by atoms with E-state index in [4.69, 9.17) is 14.2 Å². The molecule has 1 aromatic heterocycles. The van der Waals surface area contributed by atoms with Gasteiger partial charge in [-0.3, -0.25) is 0 Å². The maximum atomic E-state index is 12.5. The minimum absolute atomic E-state index is 0.0132. The molecule has 0 atom stereocenters. The van der Waals surface area contributed by atoms with Gasteiger partial charge in [0.15, 0.2) is 0 Å². The first-order valence-corrected chi connectivity index (χ1v) is 8.03. The van der Waals surface area contributed by atoms with Gasteiger partial charge in [0.2, 0.25) is 5.88 Å². The van der Waals surface area contributed by atoms with E-state index in [-0.39, 0.29) is 11.5 Å². The number of rotatable bonds is 3. The van der Waals surface area contributed by atoms with Gasteiger partial charge in [-0.25, -0.2) is 14.6 Å². The fourth-order valence-electron chi connectivity index (χ4n) is 2.31. The number of hydrogen-bond donors (Lipinski definition) is 0. The summed E-state index contributed by atoms with van der Waals surface area (Å²) in [6.07, 6.45) is -2.49. The Morgan fingerprint density at radius 3 is 2.11 bits per heavy atom. The minimum Gasteiger partial charge on any atom is -0.439 e. The van der Waals surface area contributed by atoms with Crippen LogP contribution in [-0.2, 0) is 25.2 Å². The van der Waals surface area contributed by atoms with E-state index in [0.29, 0.717) is 17.5 Å². The van der Waals surface area contributed by atoms with Crippen molar-refractivity contribution in [3.05, 3.63) is 59.3 Å². The summed E-state index contributed by atoms with van der Waals surface area (Å²) >= 11 is 0. The number of ether oxygens (including phenoxy) is 3. The summed E-state index contributed by atoms with van der Waals surface area (Å²) in [5, 5.41) is 0. The number of alkyl halides is 3. The molecular weight excluding hydrogens is 379 g/mol. The summed E-state index contributed by atoms with van der Waals surface area (Å²) in [5.74, 6) is -2.62. The van der Waals surface area contributed by atoms with Gasteiger partial charge in [-0.15, -0.1) is 0 Å². The molecule has 1 saturated heterocycles. The van der Waals surface area contributed by atoms with E-state index in [1.54, 1.807) is 12.1 Å². The van der Waals surface area contributed by atoms with E-state index < -0.39 is 29.5 Å². The second-order valence-corrected chi connectivity index (χ2v) is 6.29. The van der Waals surface area contributed by atoms with Crippen molar-refractivity contribution in [1.29, 1.82) is 0 Å². The van der Waals surface area contributed by atoms with Gasteiger partial charge in [0.05, 0.1) is 5.56 Å². The standard InChI is InChI=1S/C19H14F3NO5/c1-18(2)27-16(24)14(17(25)28-18)9-11-3-6-13(7-4-11)26-15-8-5-12(10-23-15)19(20,21)22/h3-10H,1-2H3. The molecule has 0 unspecified atom stereocenters. The second-order valence-electron chi connectivity index (χ2n) is 6.29. The van der Waals surface area contributed by atoms with Crippen LogP contribution in [0.3, 0.4) is 0 Å². The zero-order chi connectivity index (χ0) is 20.5. The predicted octanol–water partition coefficient (Wildman–Crippen LogP) is 4.11. The van der Waals surface area contributed by atoms with E-state index in [9.17, 15) is 22.8 Å². The summed E-state index contributed by atoms with van der Waals surface area (Å²) in [6.45, 7) is 2.89. The lowest BCUT2D eigenvalue weighted by molar-refractivity contribution is -0.222. The highest BCUT2D eigenvalue weighted by atomic mass is 19.4. The molecule has 0 bridgehead atoms. The monoisotopic (exact) mass is 393 g/mol. The predicted molar refractivity (Wildman–Crippen MR) is 90.0 cm³/mol. The Morgan fingerprint density at radius 2 is 1.61 bits per heavy atom. The Balaban J connectivity index is 1.72. The topological polar surface area (TPSA) is 74.7 Å². The van der Waals surface area contributed by atoms with Crippen molar-refractivity contribution in [3.8, 4) is 11.6 Å². The number of aromatic nitrogens is 1. The highest BCUT2D eigenvalue weighted by molar-refractivity contribution is 6.18. The summed E-state index contributed by atoms with van der Waals surface area (Å²) in [7, 11) is 0. The van der Waals surface area contributed by atoms with Crippen LogP contribution in [0, 0.1) is 0 Å². The molecule has 2 aromatic rings. The van der Waals surface area contributed by atoms with E-state index in [0.717, 1.165) is 12.1 Å². The van der Waals surface area contributed by atoms with Crippen molar-refractivity contribution in [2.75, 3.05) is 0 Å². The molecule has 1 aliphatic rings. The third kappa shape index (κ3) is 4.48. The van der Waals surface area contributed by atoms with Gasteiger partial charge in [-0.1, -0.05) is 12.1 Å². The van der Waals surface area contributed by atoms with Crippen LogP contribution >= 0.6 is 0 Å². The molecule has 0 N–H and O–H groups in total. The first-order valence-electron chi connectivity index (χ1n) is 8.03. The minimum atomic E-state index is -4.47. The molecule has 0 amide bonds. The van der Waals surface area contributed by atoms with Crippen LogP contribution in [0.15, 0.2) is 48.2 Å². The third-order valence-corrected chi connectivity index (χ3v) is 3.59. The number of nitrogens with zero attached hydrogens (tertiary/aromatic N) is 1. The van der Waals surface area contributed by atoms with Crippen molar-refractivity contribution in [1.82, 2.24) is 4.98 Å². The van der Waals surface area contributed by atoms with E-state index in [1.165, 1.54) is 32.1 Å². The van der Waals surface area contributed by atoms with Crippen LogP contribution in [-0.4, -0.2) is 22.7 Å². The summed E-state index contributed by atoms with van der Waals surface area (Å²) < 4.78 is 53.0. The fourth-order valence-corrected chi connectivity index (χ4v) is 2.31. The Hall–Kier alpha value is -3.36. The van der Waals surface area contributed by atoms with Crippen LogP contribution < -0.4 is 4.74 Å². The van der Waals surface area contributed by atoms with Crippen LogP contribution in [0.1, 0.15) is 25.0 Å². The van der Waals surface area contributed by atoms with Gasteiger partial charge in [0.1, 0.15) is 11.3 Å². The molecule has 6 nitrogen and oxygen atoms in total. The number of carbonyl (C=O) groups is 2. The number of pyridine rings is 1. The van der Waals surface area contributed by atoms with Gasteiger partial charge in [-0.05, 0) is 29.8 Å². The lowest BCUT2D eigenvalue weighted by atomic mass is 10.1. The van der Waals surface area contributed by atoms with Crippen LogP contribution in [0.5, 0.6) is 11.6 Å². The Kier molecular flexibility index (Phi) is 4.84. The molecule has 1 aromatic carbocycles. The molecule has 28 heavy (non-hydrogen) atoms. The molecule has 3 rings (SSSR count). The first-order chi connectivity index (χ1) is 13.0. The number of halogens is 3. The fraction of sp³-hybridized carbons (Fsp3) is 0.211. The van der Waals surface area contributed by atoms with E-state index in [1.807, 2.05) is 0 Å². The number of benzene rings is 1. The van der Waals surface area contributed by atoms with Gasteiger partial charge in [0.25, 0.3) is 5.79 Å². The Bertz CT molecular complexity index is 910. The molecule has 9 heteroatoms. The smallest absolute Gasteiger partial charge is 0.417 e. The SMILES string of the molecule is CC1(C)OC(=O)C(=Cc2ccc(Oc3ccc(C(F)(F)F)cn3)cc2)C(=O)O1. The molecule has 0 spiro atoms. The molecule has 0 saturated carbocycles. The summed E-state index contributed by atoms with van der Waals surface area (Å²) in [5.41, 5.74) is -0.634. The molecule has 1 aliphatic heterocycles. The first kappa shape index (κ1) is 19.4. The van der Waals surface area contributed by atoms with Crippen molar-refractivity contribution in [2.45, 2.75) is 25.8 Å². The van der Waals surface area contributed by atoms with Crippen molar-refractivity contribution >= 4 is 18.0 Å². The van der Waals surface area contributed by atoms with Gasteiger partial charge < -0.3 is 14.2 Å². The molecule has 2 heterocycles. The number of carbonyl (C=O) groups excluding carboxylic acids is 2. The maximum Gasteiger partial charge on any atom is 0.417 e. The zero-order valence-corrected chi connectivity index (χ0v) is 14.7. The van der Waals surface area contributed by atoms with E-state index >= 15 is 0 Å². The zero-order valence-electron chi connectivity index (χ0n) is 14.7. The van der Waals surface area contributed by atoms with Crippen LogP contribution in [0.2, 0.25) is 0 Å². The normalized spacial score (nSPS) is 16.2. The quantitative estimate of drug-likeness (QED) is 0.444. The molecule has 0 aliphatic carbocycles. The number of esters is 2. The van der Waals surface area contributed by atoms with Crippen molar-refractivity contribution in [3.63, 3.8) is 0 Å².